The van der Waals surface area contributed by atoms with Crippen LogP contribution in [0.5, 0.6) is 0 Å². The number of halogens is 1. The summed E-state index contributed by atoms with van der Waals surface area (Å²) in [5.74, 6) is -0.751. The van der Waals surface area contributed by atoms with Crippen molar-refractivity contribution in [2.45, 2.75) is 25.8 Å². The molecule has 1 fully saturated rings. The molecule has 0 spiro atoms. The Bertz CT molecular complexity index is 394. The maximum Gasteiger partial charge on any atom is 0.222 e. The molecule has 1 saturated heterocycles. The van der Waals surface area contributed by atoms with Crippen LogP contribution < -0.4 is 0 Å². The van der Waals surface area contributed by atoms with Gasteiger partial charge < -0.3 is 4.90 Å². The molecule has 0 unspecified atom stereocenters. The van der Waals surface area contributed by atoms with Gasteiger partial charge in [-0.1, -0.05) is 0 Å². The van der Waals surface area contributed by atoms with Crippen LogP contribution in [0.3, 0.4) is 0 Å². The van der Waals surface area contributed by atoms with E-state index in [4.69, 9.17) is 0 Å². The van der Waals surface area contributed by atoms with E-state index in [2.05, 4.69) is 17.0 Å². The van der Waals surface area contributed by atoms with Gasteiger partial charge in [0.15, 0.2) is 5.78 Å². The van der Waals surface area contributed by atoms with Crippen LogP contribution in [0.4, 0.5) is 4.39 Å². The van der Waals surface area contributed by atoms with Crippen molar-refractivity contribution in [3.8, 4) is 0 Å². The van der Waals surface area contributed by atoms with Crippen molar-refractivity contribution in [2.75, 3.05) is 20.1 Å². The minimum atomic E-state index is -0.484. The molecule has 0 radical (unpaired) electrons. The van der Waals surface area contributed by atoms with Gasteiger partial charge in [0.2, 0.25) is 5.95 Å². The molecule has 88 valence electrons. The Morgan fingerprint density at radius 2 is 2.12 bits per heavy atom. The van der Waals surface area contributed by atoms with Crippen molar-refractivity contribution in [1.29, 1.82) is 0 Å². The molecule has 1 aromatic heterocycles. The first-order chi connectivity index (χ1) is 7.59. The molecule has 1 aromatic rings. The highest BCUT2D eigenvalue weighted by molar-refractivity contribution is 5.93. The van der Waals surface area contributed by atoms with Gasteiger partial charge in [0.1, 0.15) is 0 Å². The summed E-state index contributed by atoms with van der Waals surface area (Å²) in [6.07, 6.45) is 3.09. The molecule has 0 N–H and O–H groups in total. The molecule has 4 nitrogen and oxygen atoms in total. The number of nitrogens with zero attached hydrogens (tertiary/aromatic N) is 3. The van der Waals surface area contributed by atoms with Crippen LogP contribution in [-0.4, -0.2) is 40.6 Å². The lowest BCUT2D eigenvalue weighted by Crippen LogP contribution is -2.32. The number of aromatic nitrogens is 2. The standard InChI is InChI=1S/C11H16FN3O/c1-8(16)10-7-13-15(11(10)12)9-3-5-14(2)6-4-9/h7,9H,3-6H2,1-2H3. The predicted molar refractivity (Wildman–Crippen MR) is 58.0 cm³/mol. The fourth-order valence-corrected chi connectivity index (χ4v) is 2.08. The Morgan fingerprint density at radius 3 is 2.62 bits per heavy atom. The zero-order chi connectivity index (χ0) is 11.7. The number of likely N-dealkylation sites (tertiary alicyclic amines) is 1. The van der Waals surface area contributed by atoms with Crippen molar-refractivity contribution in [1.82, 2.24) is 14.7 Å². The van der Waals surface area contributed by atoms with Gasteiger partial charge in [-0.15, -0.1) is 0 Å². The monoisotopic (exact) mass is 225 g/mol. The number of ketones is 1. The topological polar surface area (TPSA) is 38.1 Å². The maximum absolute atomic E-state index is 13.8. The van der Waals surface area contributed by atoms with Gasteiger partial charge in [-0.2, -0.15) is 9.49 Å². The Kier molecular flexibility index (Phi) is 3.05. The summed E-state index contributed by atoms with van der Waals surface area (Å²) < 4.78 is 15.2. The summed E-state index contributed by atoms with van der Waals surface area (Å²) in [5.41, 5.74) is 0.0962. The Hall–Kier alpha value is -1.23. The summed E-state index contributed by atoms with van der Waals surface area (Å²) in [4.78, 5) is 13.3. The zero-order valence-electron chi connectivity index (χ0n) is 9.61. The summed E-state index contributed by atoms with van der Waals surface area (Å²) in [7, 11) is 2.05. The SMILES string of the molecule is CC(=O)c1cnn(C2CCN(C)CC2)c1F. The second-order valence-electron chi connectivity index (χ2n) is 4.38. The minimum absolute atomic E-state index is 0.0873. The van der Waals surface area contributed by atoms with Gasteiger partial charge in [0.05, 0.1) is 17.8 Å². The fourth-order valence-electron chi connectivity index (χ4n) is 2.08. The van der Waals surface area contributed by atoms with E-state index in [1.54, 1.807) is 0 Å². The first-order valence-electron chi connectivity index (χ1n) is 5.52. The third-order valence-electron chi connectivity index (χ3n) is 3.15. The van der Waals surface area contributed by atoms with Crippen molar-refractivity contribution in [3.63, 3.8) is 0 Å². The van der Waals surface area contributed by atoms with Gasteiger partial charge >= 0.3 is 0 Å². The Balaban J connectivity index is 2.18. The summed E-state index contributed by atoms with van der Waals surface area (Å²) in [6, 6.07) is 0.0873. The molecule has 0 bridgehead atoms. The normalized spacial score (nSPS) is 18.9. The van der Waals surface area contributed by atoms with Crippen LogP contribution in [0.1, 0.15) is 36.2 Å². The van der Waals surface area contributed by atoms with Crippen molar-refractivity contribution < 1.29 is 9.18 Å². The highest BCUT2D eigenvalue weighted by atomic mass is 19.1. The van der Waals surface area contributed by atoms with Crippen LogP contribution in [0.25, 0.3) is 0 Å². The summed E-state index contributed by atoms with van der Waals surface area (Å²) in [6.45, 7) is 3.25. The number of rotatable bonds is 2. The fraction of sp³-hybridized carbons (Fsp3) is 0.636. The van der Waals surface area contributed by atoms with Crippen LogP contribution in [-0.2, 0) is 0 Å². The lowest BCUT2D eigenvalue weighted by Gasteiger charge is -2.29. The molecule has 0 atom stereocenters. The number of hydrogen-bond donors (Lipinski definition) is 0. The highest BCUT2D eigenvalue weighted by Gasteiger charge is 2.23. The third-order valence-corrected chi connectivity index (χ3v) is 3.15. The lowest BCUT2D eigenvalue weighted by molar-refractivity contribution is 0.101. The minimum Gasteiger partial charge on any atom is -0.306 e. The van der Waals surface area contributed by atoms with E-state index >= 15 is 0 Å². The van der Waals surface area contributed by atoms with Crippen molar-refractivity contribution in [2.24, 2.45) is 0 Å². The van der Waals surface area contributed by atoms with Crippen LogP contribution >= 0.6 is 0 Å². The average molecular weight is 225 g/mol. The van der Waals surface area contributed by atoms with E-state index in [0.717, 1.165) is 25.9 Å². The molecule has 0 saturated carbocycles. The molecule has 1 aliphatic heterocycles. The van der Waals surface area contributed by atoms with Gasteiger partial charge in [0.25, 0.3) is 0 Å². The van der Waals surface area contributed by atoms with Crippen LogP contribution in [0.2, 0.25) is 0 Å². The Labute approximate surface area is 94.0 Å². The van der Waals surface area contributed by atoms with E-state index in [-0.39, 0.29) is 17.4 Å². The maximum atomic E-state index is 13.8. The van der Waals surface area contributed by atoms with Crippen LogP contribution in [0.15, 0.2) is 6.20 Å². The number of hydrogen-bond acceptors (Lipinski definition) is 3. The number of carbonyl (C=O) groups excluding carboxylic acids is 1. The molecule has 5 heteroatoms. The number of Topliss-reactive ketones (excluding diaryl/α,β-unsaturated/α-hetero) is 1. The zero-order valence-corrected chi connectivity index (χ0v) is 9.61. The molecule has 1 aliphatic rings. The van der Waals surface area contributed by atoms with E-state index < -0.39 is 5.95 Å². The molecular formula is C11H16FN3O. The molecule has 0 amide bonds. The lowest BCUT2D eigenvalue weighted by atomic mass is 10.1. The highest BCUT2D eigenvalue weighted by Crippen LogP contribution is 2.23. The molecule has 16 heavy (non-hydrogen) atoms. The van der Waals surface area contributed by atoms with Crippen molar-refractivity contribution in [3.05, 3.63) is 17.7 Å². The van der Waals surface area contributed by atoms with Crippen LogP contribution in [0, 0.1) is 5.95 Å². The van der Waals surface area contributed by atoms with Gasteiger partial charge in [-0.25, -0.2) is 4.68 Å². The van der Waals surface area contributed by atoms with E-state index in [1.807, 2.05) is 0 Å². The van der Waals surface area contributed by atoms with E-state index in [0.29, 0.717) is 0 Å². The van der Waals surface area contributed by atoms with E-state index in [1.165, 1.54) is 17.8 Å². The van der Waals surface area contributed by atoms with Gasteiger partial charge in [-0.05, 0) is 39.9 Å². The van der Waals surface area contributed by atoms with Gasteiger partial charge in [0, 0.05) is 0 Å². The third kappa shape index (κ3) is 2.00. The molecular weight excluding hydrogens is 209 g/mol. The predicted octanol–water partition coefficient (Wildman–Crippen LogP) is 1.49. The first kappa shape index (κ1) is 11.3. The van der Waals surface area contributed by atoms with E-state index in [9.17, 15) is 9.18 Å². The molecule has 0 aromatic carbocycles. The quantitative estimate of drug-likeness (QED) is 0.716. The summed E-state index contributed by atoms with van der Waals surface area (Å²) in [5, 5.41) is 3.99. The number of piperidine rings is 1. The van der Waals surface area contributed by atoms with Crippen molar-refractivity contribution >= 4 is 5.78 Å². The second kappa shape index (κ2) is 4.33. The van der Waals surface area contributed by atoms with Gasteiger partial charge in [-0.3, -0.25) is 4.79 Å². The Morgan fingerprint density at radius 1 is 1.50 bits per heavy atom. The number of carbonyl (C=O) groups is 1. The second-order valence-corrected chi connectivity index (χ2v) is 4.38. The smallest absolute Gasteiger partial charge is 0.222 e. The largest absolute Gasteiger partial charge is 0.306 e. The molecule has 2 heterocycles. The summed E-state index contributed by atoms with van der Waals surface area (Å²) >= 11 is 0. The molecule has 2 rings (SSSR count). The average Bonchev–Trinajstić information content (AvgIpc) is 2.61. The first-order valence-corrected chi connectivity index (χ1v) is 5.52. The molecule has 0 aliphatic carbocycles.